The maximum atomic E-state index is 8.97. The number of thiophene rings is 1. The summed E-state index contributed by atoms with van der Waals surface area (Å²) in [6.07, 6.45) is 4.24. The molecule has 0 radical (unpaired) electrons. The van der Waals surface area contributed by atoms with Gasteiger partial charge in [0.05, 0.1) is 0 Å². The average molecular weight is 290 g/mol. The third-order valence-corrected chi connectivity index (χ3v) is 5.53. The van der Waals surface area contributed by atoms with Crippen LogP contribution in [0.25, 0.3) is 10.2 Å². The summed E-state index contributed by atoms with van der Waals surface area (Å²) in [6, 6.07) is 1.90. The van der Waals surface area contributed by atoms with Crippen molar-refractivity contribution in [3.63, 3.8) is 0 Å². The predicted octanol–water partition coefficient (Wildman–Crippen LogP) is 4.09. The van der Waals surface area contributed by atoms with Gasteiger partial charge in [-0.1, -0.05) is 37.1 Å². The number of aromatic nitrogens is 2. The van der Waals surface area contributed by atoms with Crippen molar-refractivity contribution in [2.75, 3.05) is 0 Å². The van der Waals surface area contributed by atoms with Crippen LogP contribution in [0, 0.1) is 18.2 Å². The molecule has 1 aliphatic heterocycles. The van der Waals surface area contributed by atoms with Gasteiger partial charge in [-0.05, 0) is 24.5 Å². The first kappa shape index (κ1) is 12.9. The first-order valence-corrected chi connectivity index (χ1v) is 7.70. The highest BCUT2D eigenvalue weighted by Crippen LogP contribution is 2.41. The second kappa shape index (κ2) is 5.11. The summed E-state index contributed by atoms with van der Waals surface area (Å²) in [7, 11) is 0. The standard InChI is InChI=1S/C13H13BClN3S/c1-8-10-6-11(15)17-18-13(10)19-12(8)9-2-4-14(7-16)5-3-9/h6,9H,2-5H2,1H3. The zero-order chi connectivity index (χ0) is 13.4. The van der Waals surface area contributed by atoms with Crippen LogP contribution < -0.4 is 0 Å². The minimum Gasteiger partial charge on any atom is -0.213 e. The van der Waals surface area contributed by atoms with E-state index >= 15 is 0 Å². The van der Waals surface area contributed by atoms with E-state index in [0.717, 1.165) is 35.7 Å². The minimum absolute atomic E-state index is 0.250. The Balaban J connectivity index is 1.94. The fourth-order valence-corrected chi connectivity index (χ4v) is 4.31. The molecule has 1 saturated heterocycles. The molecule has 0 bridgehead atoms. The van der Waals surface area contributed by atoms with Crippen LogP contribution >= 0.6 is 22.9 Å². The first-order valence-electron chi connectivity index (χ1n) is 6.51. The minimum atomic E-state index is 0.250. The van der Waals surface area contributed by atoms with Gasteiger partial charge in [-0.2, -0.15) is 0 Å². The molecule has 0 amide bonds. The van der Waals surface area contributed by atoms with E-state index < -0.39 is 0 Å². The maximum absolute atomic E-state index is 8.97. The summed E-state index contributed by atoms with van der Waals surface area (Å²) in [5, 5.41) is 18.6. The molecule has 0 spiro atoms. The van der Waals surface area contributed by atoms with Crippen molar-refractivity contribution in [2.24, 2.45) is 0 Å². The molecule has 1 fully saturated rings. The lowest BCUT2D eigenvalue weighted by molar-refractivity contribution is 0.619. The van der Waals surface area contributed by atoms with E-state index in [1.54, 1.807) is 11.3 Å². The largest absolute Gasteiger partial charge is 0.267 e. The fourth-order valence-electron chi connectivity index (χ4n) is 2.89. The molecule has 0 N–H and O–H groups in total. The zero-order valence-corrected chi connectivity index (χ0v) is 12.3. The van der Waals surface area contributed by atoms with E-state index in [2.05, 4.69) is 23.1 Å². The summed E-state index contributed by atoms with van der Waals surface area (Å²) < 4.78 is 0. The highest BCUT2D eigenvalue weighted by atomic mass is 35.5. The van der Waals surface area contributed by atoms with Crippen molar-refractivity contribution in [3.05, 3.63) is 21.7 Å². The van der Waals surface area contributed by atoms with Crippen molar-refractivity contribution >= 4 is 39.9 Å². The topological polar surface area (TPSA) is 49.6 Å². The van der Waals surface area contributed by atoms with Crippen molar-refractivity contribution in [1.82, 2.24) is 10.2 Å². The van der Waals surface area contributed by atoms with Gasteiger partial charge in [-0.3, -0.25) is 0 Å². The van der Waals surface area contributed by atoms with E-state index in [9.17, 15) is 0 Å². The summed E-state index contributed by atoms with van der Waals surface area (Å²) in [4.78, 5) is 2.38. The van der Waals surface area contributed by atoms with Crippen molar-refractivity contribution in [3.8, 4) is 5.97 Å². The molecule has 0 atom stereocenters. The fraction of sp³-hybridized carbons (Fsp3) is 0.462. The lowest BCUT2D eigenvalue weighted by atomic mass is 9.42. The molecule has 0 unspecified atom stereocenters. The quantitative estimate of drug-likeness (QED) is 0.743. The highest BCUT2D eigenvalue weighted by molar-refractivity contribution is 7.18. The van der Waals surface area contributed by atoms with Crippen LogP contribution in [0.5, 0.6) is 0 Å². The van der Waals surface area contributed by atoms with Crippen LogP contribution in [0.1, 0.15) is 29.2 Å². The van der Waals surface area contributed by atoms with Gasteiger partial charge in [-0.15, -0.1) is 21.5 Å². The number of hydrogen-bond acceptors (Lipinski definition) is 4. The average Bonchev–Trinajstić information content (AvgIpc) is 2.76. The van der Waals surface area contributed by atoms with Gasteiger partial charge in [-0.25, -0.2) is 5.26 Å². The third-order valence-electron chi connectivity index (χ3n) is 3.99. The molecular weight excluding hydrogens is 276 g/mol. The zero-order valence-electron chi connectivity index (χ0n) is 10.7. The van der Waals surface area contributed by atoms with Crippen LogP contribution in [-0.4, -0.2) is 16.9 Å². The Morgan fingerprint density at radius 2 is 2.16 bits per heavy atom. The molecule has 6 heteroatoms. The normalized spacial score (nSPS) is 16.8. The van der Waals surface area contributed by atoms with Crippen LogP contribution in [0.3, 0.4) is 0 Å². The Kier molecular flexibility index (Phi) is 3.47. The number of halogens is 1. The van der Waals surface area contributed by atoms with Crippen molar-refractivity contribution in [1.29, 1.82) is 5.26 Å². The summed E-state index contributed by atoms with van der Waals surface area (Å²) in [6.45, 7) is 2.39. The number of nitriles is 1. The van der Waals surface area contributed by atoms with Gasteiger partial charge in [0.15, 0.2) is 5.15 Å². The second-order valence-corrected chi connectivity index (χ2v) is 6.57. The molecule has 3 nitrogen and oxygen atoms in total. The Hall–Kier alpha value is -1.12. The number of hydrogen-bond donors (Lipinski definition) is 0. The molecule has 3 heterocycles. The molecule has 3 rings (SSSR count). The van der Waals surface area contributed by atoms with E-state index in [-0.39, 0.29) is 6.71 Å². The first-order chi connectivity index (χ1) is 9.19. The van der Waals surface area contributed by atoms with Gasteiger partial charge in [0, 0.05) is 16.2 Å². The number of rotatable bonds is 1. The third kappa shape index (κ3) is 2.35. The van der Waals surface area contributed by atoms with E-state index in [0.29, 0.717) is 11.1 Å². The Morgan fingerprint density at radius 3 is 2.84 bits per heavy atom. The van der Waals surface area contributed by atoms with Crippen molar-refractivity contribution < 1.29 is 0 Å². The van der Waals surface area contributed by atoms with Crippen molar-refractivity contribution in [2.45, 2.75) is 38.3 Å². The van der Waals surface area contributed by atoms with Gasteiger partial charge < -0.3 is 0 Å². The number of fused-ring (bicyclic) bond motifs is 1. The maximum Gasteiger partial charge on any atom is 0.267 e. The van der Waals surface area contributed by atoms with Crippen LogP contribution in [0.15, 0.2) is 6.07 Å². The number of nitrogens with zero attached hydrogens (tertiary/aromatic N) is 3. The summed E-state index contributed by atoms with van der Waals surface area (Å²) in [5.74, 6) is 2.96. The summed E-state index contributed by atoms with van der Waals surface area (Å²) in [5.41, 5.74) is 1.29. The molecule has 1 aliphatic rings. The molecule has 0 aromatic carbocycles. The lowest BCUT2D eigenvalue weighted by Crippen LogP contribution is -2.18. The van der Waals surface area contributed by atoms with Gasteiger partial charge in [0.25, 0.3) is 6.71 Å². The number of aryl methyl sites for hydroxylation is 1. The smallest absolute Gasteiger partial charge is 0.213 e. The van der Waals surface area contributed by atoms with Crippen LogP contribution in [0.2, 0.25) is 17.8 Å². The van der Waals surface area contributed by atoms with E-state index in [1.165, 1.54) is 10.4 Å². The van der Waals surface area contributed by atoms with E-state index in [4.69, 9.17) is 16.9 Å². The molecule has 2 aromatic rings. The molecule has 2 aromatic heterocycles. The summed E-state index contributed by atoms with van der Waals surface area (Å²) >= 11 is 7.65. The Bertz CT molecular complexity index is 656. The van der Waals surface area contributed by atoms with Gasteiger partial charge >= 0.3 is 0 Å². The van der Waals surface area contributed by atoms with Gasteiger partial charge in [0.1, 0.15) is 4.83 Å². The Morgan fingerprint density at radius 1 is 1.42 bits per heavy atom. The highest BCUT2D eigenvalue weighted by Gasteiger charge is 2.27. The van der Waals surface area contributed by atoms with Crippen LogP contribution in [0.4, 0.5) is 0 Å². The molecule has 0 saturated carbocycles. The predicted molar refractivity (Wildman–Crippen MR) is 80.1 cm³/mol. The van der Waals surface area contributed by atoms with Crippen LogP contribution in [-0.2, 0) is 0 Å². The SMILES string of the molecule is Cc1c(C2CCB(C#N)CC2)sc2nnc(Cl)cc12. The second-order valence-electron chi connectivity index (χ2n) is 5.15. The molecule has 0 aliphatic carbocycles. The van der Waals surface area contributed by atoms with E-state index in [1.807, 2.05) is 6.07 Å². The molecular formula is C13H13BClN3S. The molecule has 96 valence electrons. The monoisotopic (exact) mass is 289 g/mol. The Labute approximate surface area is 121 Å². The lowest BCUT2D eigenvalue weighted by Gasteiger charge is -2.22. The molecule has 19 heavy (non-hydrogen) atoms. The van der Waals surface area contributed by atoms with Gasteiger partial charge in [0.2, 0.25) is 0 Å².